The van der Waals surface area contributed by atoms with Crippen LogP contribution in [0.15, 0.2) is 23.1 Å². The van der Waals surface area contributed by atoms with E-state index in [0.29, 0.717) is 0 Å². The number of aliphatic carboxylic acids is 1. The number of carbonyl (C=O) groups excluding carboxylic acids is 1. The summed E-state index contributed by atoms with van der Waals surface area (Å²) in [5.74, 6) is -1.92. The van der Waals surface area contributed by atoms with Crippen LogP contribution >= 0.6 is 0 Å². The monoisotopic (exact) mass is 297 g/mol. The lowest BCUT2D eigenvalue weighted by atomic mass is 9.99. The van der Waals surface area contributed by atoms with Crippen molar-refractivity contribution in [3.05, 3.63) is 38.8 Å². The van der Waals surface area contributed by atoms with E-state index in [1.807, 2.05) is 0 Å². The standard InChI is InChI=1S/C12H15N3O6/c1-3-12(2,11(18)19)13-9(16)7-14-6-8(15(20)21)4-5-10(14)17/h4-6H,3,7H2,1-2H3,(H,13,16)(H,18,19). The van der Waals surface area contributed by atoms with Crippen molar-refractivity contribution in [2.45, 2.75) is 32.4 Å². The number of hydrogen-bond donors (Lipinski definition) is 2. The van der Waals surface area contributed by atoms with Crippen LogP contribution < -0.4 is 10.9 Å². The summed E-state index contributed by atoms with van der Waals surface area (Å²) in [5.41, 5.74) is -2.38. The van der Waals surface area contributed by atoms with Crippen LogP contribution in [0, 0.1) is 10.1 Å². The zero-order valence-electron chi connectivity index (χ0n) is 11.5. The van der Waals surface area contributed by atoms with E-state index in [-0.39, 0.29) is 12.1 Å². The minimum atomic E-state index is -1.46. The largest absolute Gasteiger partial charge is 0.480 e. The summed E-state index contributed by atoms with van der Waals surface area (Å²) in [6, 6.07) is 2.01. The number of nitro groups is 1. The second-order valence-corrected chi connectivity index (χ2v) is 4.65. The molecule has 0 saturated carbocycles. The van der Waals surface area contributed by atoms with E-state index in [9.17, 15) is 24.5 Å². The van der Waals surface area contributed by atoms with E-state index < -0.39 is 34.4 Å². The van der Waals surface area contributed by atoms with Crippen LogP contribution in [-0.4, -0.2) is 32.0 Å². The molecule has 0 aliphatic rings. The molecule has 1 atom stereocenters. The maximum absolute atomic E-state index is 11.8. The van der Waals surface area contributed by atoms with E-state index in [2.05, 4.69) is 5.32 Å². The van der Waals surface area contributed by atoms with Crippen LogP contribution in [0.3, 0.4) is 0 Å². The molecule has 1 unspecified atom stereocenters. The van der Waals surface area contributed by atoms with Gasteiger partial charge in [0.25, 0.3) is 11.2 Å². The smallest absolute Gasteiger partial charge is 0.329 e. The highest BCUT2D eigenvalue weighted by molar-refractivity contribution is 5.86. The number of aromatic nitrogens is 1. The highest BCUT2D eigenvalue weighted by atomic mass is 16.6. The molecule has 1 heterocycles. The molecule has 1 rings (SSSR count). The SMILES string of the molecule is CCC(C)(NC(=O)Cn1cc([N+](=O)[O-])ccc1=O)C(=O)O. The van der Waals surface area contributed by atoms with Crippen LogP contribution in [0.25, 0.3) is 0 Å². The van der Waals surface area contributed by atoms with Gasteiger partial charge in [0.2, 0.25) is 5.91 Å². The molecule has 0 spiro atoms. The van der Waals surface area contributed by atoms with Crippen LogP contribution in [0.2, 0.25) is 0 Å². The Morgan fingerprint density at radius 1 is 1.48 bits per heavy atom. The molecule has 0 fully saturated rings. The van der Waals surface area contributed by atoms with E-state index in [1.165, 1.54) is 6.92 Å². The molecular formula is C12H15N3O6. The van der Waals surface area contributed by atoms with Crippen molar-refractivity contribution in [1.29, 1.82) is 0 Å². The van der Waals surface area contributed by atoms with Gasteiger partial charge in [0.1, 0.15) is 12.1 Å². The van der Waals surface area contributed by atoms with Crippen LogP contribution in [-0.2, 0) is 16.1 Å². The van der Waals surface area contributed by atoms with Gasteiger partial charge < -0.3 is 10.4 Å². The summed E-state index contributed by atoms with van der Waals surface area (Å²) in [6.45, 7) is 2.43. The maximum atomic E-state index is 11.8. The average molecular weight is 297 g/mol. The topological polar surface area (TPSA) is 132 Å². The summed E-state index contributed by atoms with van der Waals surface area (Å²) < 4.78 is 0.853. The van der Waals surface area contributed by atoms with Crippen molar-refractivity contribution < 1.29 is 19.6 Å². The van der Waals surface area contributed by atoms with Crippen LogP contribution in [0.5, 0.6) is 0 Å². The molecule has 1 aromatic heterocycles. The van der Waals surface area contributed by atoms with Gasteiger partial charge >= 0.3 is 5.97 Å². The Kier molecular flexibility index (Phi) is 4.79. The first-order valence-electron chi connectivity index (χ1n) is 6.09. The minimum Gasteiger partial charge on any atom is -0.480 e. The predicted octanol–water partition coefficient (Wildman–Crippen LogP) is 0.126. The number of carboxylic acids is 1. The fourth-order valence-electron chi connectivity index (χ4n) is 1.55. The van der Waals surface area contributed by atoms with Crippen molar-refractivity contribution in [3.8, 4) is 0 Å². The number of nitrogens with zero attached hydrogens (tertiary/aromatic N) is 2. The summed E-state index contributed by atoms with van der Waals surface area (Å²) in [7, 11) is 0. The quantitative estimate of drug-likeness (QED) is 0.566. The van der Waals surface area contributed by atoms with Crippen LogP contribution in [0.1, 0.15) is 20.3 Å². The van der Waals surface area contributed by atoms with Crippen molar-refractivity contribution >= 4 is 17.6 Å². The van der Waals surface area contributed by atoms with Gasteiger partial charge in [-0.1, -0.05) is 6.92 Å². The van der Waals surface area contributed by atoms with E-state index in [1.54, 1.807) is 6.92 Å². The molecule has 2 N–H and O–H groups in total. The molecule has 1 aromatic rings. The number of carboxylic acid groups (broad SMARTS) is 1. The molecule has 0 aliphatic carbocycles. The zero-order valence-corrected chi connectivity index (χ0v) is 11.5. The summed E-state index contributed by atoms with van der Waals surface area (Å²) >= 11 is 0. The second-order valence-electron chi connectivity index (χ2n) is 4.65. The molecule has 0 aliphatic heterocycles. The van der Waals surface area contributed by atoms with Crippen molar-refractivity contribution in [1.82, 2.24) is 9.88 Å². The Hall–Kier alpha value is -2.71. The first kappa shape index (κ1) is 16.3. The molecule has 1 amide bonds. The van der Waals surface area contributed by atoms with Gasteiger partial charge in [-0.05, 0) is 13.3 Å². The lowest BCUT2D eigenvalue weighted by molar-refractivity contribution is -0.385. The van der Waals surface area contributed by atoms with E-state index in [0.717, 1.165) is 22.9 Å². The number of nitrogens with one attached hydrogen (secondary N) is 1. The molecule has 9 heteroatoms. The minimum absolute atomic E-state index is 0.151. The van der Waals surface area contributed by atoms with Gasteiger partial charge in [-0.25, -0.2) is 4.79 Å². The molecular weight excluding hydrogens is 282 g/mol. The first-order chi connectivity index (χ1) is 9.69. The Morgan fingerprint density at radius 3 is 2.57 bits per heavy atom. The fraction of sp³-hybridized carbons (Fsp3) is 0.417. The van der Waals surface area contributed by atoms with Gasteiger partial charge in [-0.15, -0.1) is 0 Å². The normalized spacial score (nSPS) is 13.2. The Labute approximate surface area is 119 Å². The van der Waals surface area contributed by atoms with Gasteiger partial charge in [-0.2, -0.15) is 0 Å². The second kappa shape index (κ2) is 6.16. The van der Waals surface area contributed by atoms with Crippen LogP contribution in [0.4, 0.5) is 5.69 Å². The van der Waals surface area contributed by atoms with Gasteiger partial charge in [0, 0.05) is 12.1 Å². The number of carbonyl (C=O) groups is 2. The highest BCUT2D eigenvalue weighted by Crippen LogP contribution is 2.10. The third-order valence-corrected chi connectivity index (χ3v) is 3.09. The van der Waals surface area contributed by atoms with Crippen molar-refractivity contribution in [2.75, 3.05) is 0 Å². The van der Waals surface area contributed by atoms with Gasteiger partial charge in [0.05, 0.1) is 11.1 Å². The third kappa shape index (κ3) is 3.88. The Morgan fingerprint density at radius 2 is 2.10 bits per heavy atom. The summed E-state index contributed by atoms with van der Waals surface area (Å²) in [4.78, 5) is 44.4. The molecule has 0 saturated heterocycles. The highest BCUT2D eigenvalue weighted by Gasteiger charge is 2.32. The third-order valence-electron chi connectivity index (χ3n) is 3.09. The number of rotatable bonds is 6. The Balaban J connectivity index is 2.94. The van der Waals surface area contributed by atoms with Crippen molar-refractivity contribution in [2.24, 2.45) is 0 Å². The molecule has 0 radical (unpaired) electrons. The lowest BCUT2D eigenvalue weighted by Crippen LogP contribution is -2.52. The molecule has 114 valence electrons. The zero-order chi connectivity index (χ0) is 16.2. The van der Waals surface area contributed by atoms with Gasteiger partial charge in [-0.3, -0.25) is 24.3 Å². The molecule has 9 nitrogen and oxygen atoms in total. The summed E-state index contributed by atoms with van der Waals surface area (Å²) in [5, 5.41) is 22.0. The van der Waals surface area contributed by atoms with Crippen molar-refractivity contribution in [3.63, 3.8) is 0 Å². The first-order valence-corrected chi connectivity index (χ1v) is 6.09. The summed E-state index contributed by atoms with van der Waals surface area (Å²) in [6.07, 6.45) is 1.09. The number of amides is 1. The lowest BCUT2D eigenvalue weighted by Gasteiger charge is -2.24. The number of pyridine rings is 1. The van der Waals surface area contributed by atoms with E-state index in [4.69, 9.17) is 5.11 Å². The molecule has 0 bridgehead atoms. The fourth-order valence-corrected chi connectivity index (χ4v) is 1.55. The Bertz CT molecular complexity index is 638. The van der Waals surface area contributed by atoms with E-state index >= 15 is 0 Å². The average Bonchev–Trinajstić information content (AvgIpc) is 2.40. The maximum Gasteiger partial charge on any atom is 0.329 e. The van der Waals surface area contributed by atoms with Gasteiger partial charge in [0.15, 0.2) is 0 Å². The predicted molar refractivity (Wildman–Crippen MR) is 71.8 cm³/mol. The number of hydrogen-bond acceptors (Lipinski definition) is 5. The molecule has 0 aromatic carbocycles. The molecule has 21 heavy (non-hydrogen) atoms.